The Morgan fingerprint density at radius 2 is 2.25 bits per heavy atom. The van der Waals surface area contributed by atoms with Crippen LogP contribution < -0.4 is 0 Å². The predicted octanol–water partition coefficient (Wildman–Crippen LogP) is 2.65. The molecular weight excluding hydrogens is 198 g/mol. The van der Waals surface area contributed by atoms with Crippen molar-refractivity contribution in [1.29, 1.82) is 0 Å². The van der Waals surface area contributed by atoms with E-state index in [4.69, 9.17) is 0 Å². The maximum absolute atomic E-state index is 4.56. The Balaban J connectivity index is 1.93. The largest absolute Gasteiger partial charge is 0.345 e. The molecule has 2 rings (SSSR count). The SMILES string of the molecule is CCC1CCCN(Cc2nc(C)c(C)[nH]2)C1. The zero-order valence-corrected chi connectivity index (χ0v) is 10.7. The summed E-state index contributed by atoms with van der Waals surface area (Å²) in [6, 6.07) is 0. The van der Waals surface area contributed by atoms with Crippen molar-refractivity contribution in [2.75, 3.05) is 13.1 Å². The number of rotatable bonds is 3. The van der Waals surface area contributed by atoms with Crippen molar-refractivity contribution in [3.8, 4) is 0 Å². The van der Waals surface area contributed by atoms with Gasteiger partial charge >= 0.3 is 0 Å². The summed E-state index contributed by atoms with van der Waals surface area (Å²) in [5, 5.41) is 0. The summed E-state index contributed by atoms with van der Waals surface area (Å²) >= 11 is 0. The second-order valence-corrected chi connectivity index (χ2v) is 5.05. The van der Waals surface area contributed by atoms with Gasteiger partial charge in [-0.2, -0.15) is 0 Å². The Morgan fingerprint density at radius 3 is 2.88 bits per heavy atom. The molecule has 1 N–H and O–H groups in total. The van der Waals surface area contributed by atoms with Crippen molar-refractivity contribution in [2.45, 2.75) is 46.6 Å². The fourth-order valence-corrected chi connectivity index (χ4v) is 2.54. The molecule has 0 saturated carbocycles. The molecule has 0 spiro atoms. The molecule has 0 aliphatic carbocycles. The van der Waals surface area contributed by atoms with Crippen LogP contribution in [-0.4, -0.2) is 28.0 Å². The molecule has 1 saturated heterocycles. The molecule has 16 heavy (non-hydrogen) atoms. The molecule has 0 radical (unpaired) electrons. The van der Waals surface area contributed by atoms with Crippen molar-refractivity contribution < 1.29 is 0 Å². The van der Waals surface area contributed by atoms with Gasteiger partial charge in [0, 0.05) is 12.2 Å². The Kier molecular flexibility index (Phi) is 3.64. The van der Waals surface area contributed by atoms with Gasteiger partial charge in [-0.25, -0.2) is 4.98 Å². The molecule has 1 aliphatic rings. The van der Waals surface area contributed by atoms with Crippen molar-refractivity contribution >= 4 is 0 Å². The monoisotopic (exact) mass is 221 g/mol. The van der Waals surface area contributed by atoms with Crippen molar-refractivity contribution in [3.05, 3.63) is 17.2 Å². The van der Waals surface area contributed by atoms with Crippen LogP contribution in [0, 0.1) is 19.8 Å². The normalized spacial score (nSPS) is 22.6. The lowest BCUT2D eigenvalue weighted by Crippen LogP contribution is -2.34. The van der Waals surface area contributed by atoms with Crippen molar-refractivity contribution in [1.82, 2.24) is 14.9 Å². The molecule has 3 nitrogen and oxygen atoms in total. The predicted molar refractivity (Wildman–Crippen MR) is 66.4 cm³/mol. The lowest BCUT2D eigenvalue weighted by molar-refractivity contribution is 0.161. The summed E-state index contributed by atoms with van der Waals surface area (Å²) in [5.74, 6) is 2.03. The highest BCUT2D eigenvalue weighted by Gasteiger charge is 2.19. The van der Waals surface area contributed by atoms with E-state index in [0.717, 1.165) is 24.0 Å². The van der Waals surface area contributed by atoms with Gasteiger partial charge in [0.2, 0.25) is 0 Å². The summed E-state index contributed by atoms with van der Waals surface area (Å²) in [6.45, 7) is 9.93. The zero-order valence-electron chi connectivity index (χ0n) is 10.7. The van der Waals surface area contributed by atoms with E-state index in [9.17, 15) is 0 Å². The van der Waals surface area contributed by atoms with Gasteiger partial charge in [-0.1, -0.05) is 13.3 Å². The van der Waals surface area contributed by atoms with Gasteiger partial charge in [-0.05, 0) is 39.2 Å². The third-order valence-corrected chi connectivity index (χ3v) is 3.73. The lowest BCUT2D eigenvalue weighted by Gasteiger charge is -2.31. The van der Waals surface area contributed by atoms with Crippen molar-refractivity contribution in [2.24, 2.45) is 5.92 Å². The van der Waals surface area contributed by atoms with Crippen LogP contribution in [0.5, 0.6) is 0 Å². The third-order valence-electron chi connectivity index (χ3n) is 3.73. The van der Waals surface area contributed by atoms with E-state index in [1.807, 2.05) is 0 Å². The van der Waals surface area contributed by atoms with Crippen LogP contribution in [0.15, 0.2) is 0 Å². The van der Waals surface area contributed by atoms with E-state index < -0.39 is 0 Å². The average molecular weight is 221 g/mol. The molecule has 1 unspecified atom stereocenters. The average Bonchev–Trinajstić information content (AvgIpc) is 2.58. The highest BCUT2D eigenvalue weighted by Crippen LogP contribution is 2.20. The maximum atomic E-state index is 4.56. The number of aromatic amines is 1. The molecule has 1 aliphatic heterocycles. The van der Waals surface area contributed by atoms with Crippen LogP contribution >= 0.6 is 0 Å². The molecule has 1 aromatic heterocycles. The Bertz CT molecular complexity index is 323. The number of piperidine rings is 1. The number of H-pyrrole nitrogens is 1. The molecule has 90 valence electrons. The second kappa shape index (κ2) is 5.00. The summed E-state index contributed by atoms with van der Waals surface area (Å²) < 4.78 is 0. The summed E-state index contributed by atoms with van der Waals surface area (Å²) in [6.07, 6.45) is 4.06. The van der Waals surface area contributed by atoms with Crippen LogP contribution in [0.1, 0.15) is 43.4 Å². The molecule has 0 bridgehead atoms. The maximum Gasteiger partial charge on any atom is 0.120 e. The number of aryl methyl sites for hydroxylation is 2. The van der Waals surface area contributed by atoms with Gasteiger partial charge in [0.25, 0.3) is 0 Å². The minimum Gasteiger partial charge on any atom is -0.345 e. The molecule has 1 atom stereocenters. The standard InChI is InChI=1S/C13H23N3/c1-4-12-6-5-7-16(8-12)9-13-14-10(2)11(3)15-13/h12H,4-9H2,1-3H3,(H,14,15). The first-order valence-corrected chi connectivity index (χ1v) is 6.43. The van der Waals surface area contributed by atoms with E-state index in [1.165, 1.54) is 38.0 Å². The van der Waals surface area contributed by atoms with Gasteiger partial charge in [0.05, 0.1) is 12.2 Å². The van der Waals surface area contributed by atoms with Gasteiger partial charge < -0.3 is 4.98 Å². The highest BCUT2D eigenvalue weighted by molar-refractivity contribution is 5.10. The first-order valence-electron chi connectivity index (χ1n) is 6.43. The van der Waals surface area contributed by atoms with Crippen LogP contribution in [-0.2, 0) is 6.54 Å². The Labute approximate surface area is 98.3 Å². The number of hydrogen-bond donors (Lipinski definition) is 1. The van der Waals surface area contributed by atoms with Crippen LogP contribution in [0.3, 0.4) is 0 Å². The van der Waals surface area contributed by atoms with E-state index in [-0.39, 0.29) is 0 Å². The summed E-state index contributed by atoms with van der Waals surface area (Å²) in [5.41, 5.74) is 2.35. The number of nitrogens with zero attached hydrogens (tertiary/aromatic N) is 2. The molecule has 3 heteroatoms. The number of nitrogens with one attached hydrogen (secondary N) is 1. The Morgan fingerprint density at radius 1 is 1.44 bits per heavy atom. The molecular formula is C13H23N3. The fourth-order valence-electron chi connectivity index (χ4n) is 2.54. The number of hydrogen-bond acceptors (Lipinski definition) is 2. The van der Waals surface area contributed by atoms with Gasteiger partial charge in [-0.15, -0.1) is 0 Å². The summed E-state index contributed by atoms with van der Waals surface area (Å²) in [4.78, 5) is 10.5. The zero-order chi connectivity index (χ0) is 11.5. The highest BCUT2D eigenvalue weighted by atomic mass is 15.2. The third kappa shape index (κ3) is 2.64. The lowest BCUT2D eigenvalue weighted by atomic mass is 9.96. The number of aromatic nitrogens is 2. The minimum atomic E-state index is 0.894. The fraction of sp³-hybridized carbons (Fsp3) is 0.769. The van der Waals surface area contributed by atoms with Crippen LogP contribution in [0.2, 0.25) is 0 Å². The quantitative estimate of drug-likeness (QED) is 0.851. The summed E-state index contributed by atoms with van der Waals surface area (Å²) in [7, 11) is 0. The van der Waals surface area contributed by atoms with Gasteiger partial charge in [-0.3, -0.25) is 4.90 Å². The van der Waals surface area contributed by atoms with Gasteiger partial charge in [0.1, 0.15) is 5.82 Å². The van der Waals surface area contributed by atoms with Gasteiger partial charge in [0.15, 0.2) is 0 Å². The van der Waals surface area contributed by atoms with Crippen molar-refractivity contribution in [3.63, 3.8) is 0 Å². The topological polar surface area (TPSA) is 31.9 Å². The van der Waals surface area contributed by atoms with Crippen LogP contribution in [0.4, 0.5) is 0 Å². The number of imidazole rings is 1. The van der Waals surface area contributed by atoms with E-state index in [2.05, 4.69) is 35.6 Å². The van der Waals surface area contributed by atoms with E-state index in [0.29, 0.717) is 0 Å². The first-order chi connectivity index (χ1) is 7.69. The first kappa shape index (κ1) is 11.6. The second-order valence-electron chi connectivity index (χ2n) is 5.05. The number of likely N-dealkylation sites (tertiary alicyclic amines) is 1. The van der Waals surface area contributed by atoms with Crippen LogP contribution in [0.25, 0.3) is 0 Å². The molecule has 2 heterocycles. The smallest absolute Gasteiger partial charge is 0.120 e. The van der Waals surface area contributed by atoms with E-state index in [1.54, 1.807) is 0 Å². The molecule has 0 amide bonds. The minimum absolute atomic E-state index is 0.894. The Hall–Kier alpha value is -0.830. The van der Waals surface area contributed by atoms with E-state index >= 15 is 0 Å². The molecule has 1 fully saturated rings. The molecule has 0 aromatic carbocycles. The molecule has 1 aromatic rings.